The number of guanidine groups is 1. The second kappa shape index (κ2) is 31.2. The number of benzene rings is 1. The lowest BCUT2D eigenvalue weighted by atomic mass is 10.0. The predicted octanol–water partition coefficient (Wildman–Crippen LogP) is -6.15. The molecule has 0 saturated carbocycles. The number of aliphatic imine (C=N–C) groups is 1. The zero-order valence-corrected chi connectivity index (χ0v) is 47.1. The highest BCUT2D eigenvalue weighted by molar-refractivity contribution is 7.46. The van der Waals surface area contributed by atoms with Gasteiger partial charge < -0.3 is 98.6 Å². The van der Waals surface area contributed by atoms with Gasteiger partial charge in [-0.1, -0.05) is 18.2 Å². The van der Waals surface area contributed by atoms with Crippen molar-refractivity contribution in [3.63, 3.8) is 0 Å². The number of nitrogens with two attached hydrogens (primary N) is 2. The molecule has 2 aromatic rings. The largest absolute Gasteiger partial charge is 0.481 e. The first-order valence-electron chi connectivity index (χ1n) is 26.4. The lowest BCUT2D eigenvalue weighted by Gasteiger charge is -2.30. The van der Waals surface area contributed by atoms with E-state index < -0.39 is 193 Å². The predicted molar refractivity (Wildman–Crippen MR) is 289 cm³/mol. The van der Waals surface area contributed by atoms with Crippen molar-refractivity contribution in [3.8, 4) is 0 Å². The molecule has 19 N–H and O–H groups in total. The summed E-state index contributed by atoms with van der Waals surface area (Å²) >= 11 is 0. The van der Waals surface area contributed by atoms with Gasteiger partial charge in [0, 0.05) is 56.0 Å². The maximum atomic E-state index is 14.5. The van der Waals surface area contributed by atoms with E-state index in [0.717, 1.165) is 9.80 Å². The number of fused-ring (bicyclic) bond motifs is 3. The molecule has 3 aliphatic rings. The third kappa shape index (κ3) is 21.5. The first-order chi connectivity index (χ1) is 40.0. The summed E-state index contributed by atoms with van der Waals surface area (Å²) in [5, 5.41) is 38.2. The monoisotopic (exact) mass is 1240 g/mol. The molecule has 3 aliphatic heterocycles. The van der Waals surface area contributed by atoms with Gasteiger partial charge in [-0.15, -0.1) is 0 Å². The molecule has 0 radical (unpaired) electrons. The lowest BCUT2D eigenvalue weighted by molar-refractivity contribution is -0.143. The lowest BCUT2D eigenvalue weighted by Crippen LogP contribution is -2.60. The van der Waals surface area contributed by atoms with Gasteiger partial charge in [-0.25, -0.2) is 9.13 Å². The van der Waals surface area contributed by atoms with Crippen molar-refractivity contribution in [3.05, 3.63) is 36.0 Å². The average molecular weight is 1240 g/mol. The second-order valence-electron chi connectivity index (χ2n) is 19.7. The van der Waals surface area contributed by atoms with Crippen LogP contribution in [0, 0.1) is 0 Å². The summed E-state index contributed by atoms with van der Waals surface area (Å²) in [5.74, 6) is -14.6. The zero-order valence-electron chi connectivity index (χ0n) is 45.3. The van der Waals surface area contributed by atoms with Gasteiger partial charge in [0.25, 0.3) is 0 Å². The second-order valence-corrected chi connectivity index (χ2v) is 22.2. The van der Waals surface area contributed by atoms with Gasteiger partial charge in [-0.05, 0) is 63.0 Å². The van der Waals surface area contributed by atoms with Gasteiger partial charge in [0.15, 0.2) is 5.96 Å². The highest BCUT2D eigenvalue weighted by atomic mass is 31.2. The fraction of sp³-hybridized carbons (Fsp3) is 0.553. The van der Waals surface area contributed by atoms with Gasteiger partial charge in [-0.2, -0.15) is 0 Å². The van der Waals surface area contributed by atoms with E-state index in [1.165, 1.54) is 6.20 Å². The molecule has 10 amide bonds. The minimum Gasteiger partial charge on any atom is -0.481 e. The Morgan fingerprint density at radius 1 is 0.588 bits per heavy atom. The van der Waals surface area contributed by atoms with Crippen molar-refractivity contribution >= 4 is 104 Å². The molecule has 0 unspecified atom stereocenters. The number of hydrogen-bond donors (Lipinski definition) is 17. The molecule has 0 bridgehead atoms. The Kier molecular flexibility index (Phi) is 24.8. The Morgan fingerprint density at radius 3 is 1.48 bits per heavy atom. The summed E-state index contributed by atoms with van der Waals surface area (Å²) in [4.78, 5) is 211. The van der Waals surface area contributed by atoms with Crippen LogP contribution < -0.4 is 54.0 Å². The smallest absolute Gasteiger partial charge is 0.469 e. The third-order valence-electron chi connectivity index (χ3n) is 13.5. The molecule has 1 aromatic carbocycles. The number of carbonyl (C=O) groups is 12. The van der Waals surface area contributed by atoms with Crippen molar-refractivity contribution in [2.45, 2.75) is 119 Å². The summed E-state index contributed by atoms with van der Waals surface area (Å²) in [6, 6.07) is -7.20. The van der Waals surface area contributed by atoms with E-state index in [2.05, 4.69) is 61.6 Å². The number of carbonyl (C=O) groups excluding carboxylic acids is 10. The van der Waals surface area contributed by atoms with Crippen LogP contribution >= 0.6 is 15.6 Å². The molecule has 3 fully saturated rings. The number of rotatable bonds is 18. The Bertz CT molecular complexity index is 2970. The van der Waals surface area contributed by atoms with Gasteiger partial charge in [0.2, 0.25) is 59.1 Å². The van der Waals surface area contributed by atoms with Crippen LogP contribution in [0.4, 0.5) is 0 Å². The van der Waals surface area contributed by atoms with Crippen LogP contribution in [-0.4, -0.2) is 216 Å². The number of aromatic amines is 1. The quantitative estimate of drug-likeness (QED) is 0.0286. The summed E-state index contributed by atoms with van der Waals surface area (Å²) in [6.07, 6.45) is -1.87. The molecule has 468 valence electrons. The summed E-state index contributed by atoms with van der Waals surface area (Å²) in [6.45, 7) is -4.96. The maximum absolute atomic E-state index is 14.5. The fourth-order valence-electron chi connectivity index (χ4n) is 9.42. The van der Waals surface area contributed by atoms with Gasteiger partial charge in [0.1, 0.15) is 48.3 Å². The zero-order chi connectivity index (χ0) is 62.8. The number of phosphoric ester groups is 2. The molecule has 0 spiro atoms. The van der Waals surface area contributed by atoms with Crippen LogP contribution in [0.1, 0.15) is 69.8 Å². The average Bonchev–Trinajstić information content (AvgIpc) is 2.89. The van der Waals surface area contributed by atoms with Crippen molar-refractivity contribution in [2.24, 2.45) is 16.5 Å². The van der Waals surface area contributed by atoms with E-state index in [1.54, 1.807) is 24.3 Å². The number of aromatic nitrogens is 1. The van der Waals surface area contributed by atoms with Gasteiger partial charge in [0.05, 0.1) is 26.3 Å². The summed E-state index contributed by atoms with van der Waals surface area (Å²) in [5.41, 5.74) is 11.8. The first-order valence-corrected chi connectivity index (χ1v) is 29.5. The normalized spacial score (nSPS) is 24.3. The molecule has 1 aromatic heterocycles. The Labute approximate surface area is 482 Å². The number of nitrogens with zero attached hydrogens (tertiary/aromatic N) is 3. The SMILES string of the molecule is NC(N)=NCCC[C@@H]1NC(=O)[C@H](COP(=O)(O)O)NC(=O)CNC(=O)[C@@H]2CCCN2C(=O)[C@H](CCC(=O)O)NC(=O)[C@H](Cc2c[nH]c3ccccc23)NC(=O)[C@H](COP(=O)(O)O)NC(=O)CNC(=O)[C@@H]2CCCN2C(=O)[C@H](CCC(=O)O)NC1=O. The molecule has 85 heavy (non-hydrogen) atoms. The number of carboxylic acids is 2. The molecular formula is C47H68N14O22P2. The number of para-hydroxylation sites is 1. The number of amides is 10. The molecule has 3 saturated heterocycles. The minimum atomic E-state index is -5.41. The van der Waals surface area contributed by atoms with Crippen LogP contribution in [0.2, 0.25) is 0 Å². The standard InChI is InChI=1S/C47H68N14O22P2/c48-47(49)50-15-3-8-27-39(68)57-28(11-13-37(64)65)45(74)60-16-4-9-33(60)43(72)53-21-36(63)55-32(23-83-85(79,80)81)42(71)59-30(18-24-19-51-26-7-2-1-6-25(24)26)40(69)58-29(12-14-38(66)67)46(75)61-17-5-10-34(61)44(73)52-20-35(62)54-31(41(70)56-27)22-82-84(76,77)78/h1-2,6-7,19,27-34,51H,3-5,8-18,20-23H2,(H,52,73)(H,53,72)(H,54,62)(H,55,63)(H,56,70)(H,57,68)(H,58,69)(H,59,71)(H,64,65)(H,66,67)(H4,48,49,50)(H2,76,77,78)(H2,79,80,81)/t27-,28-,29-,30-,31-,32-,33-,34-/m0/s1. The number of phosphoric acid groups is 2. The Hall–Kier alpha value is -8.11. The van der Waals surface area contributed by atoms with E-state index in [9.17, 15) is 96.5 Å². The molecule has 36 nitrogen and oxygen atoms in total. The minimum absolute atomic E-state index is 0.0549. The van der Waals surface area contributed by atoms with E-state index in [4.69, 9.17) is 11.5 Å². The van der Waals surface area contributed by atoms with Crippen LogP contribution in [-0.2, 0) is 82.1 Å². The Balaban J connectivity index is 1.55. The number of carboxylic acid groups (broad SMARTS) is 2. The molecule has 38 heteroatoms. The fourth-order valence-corrected chi connectivity index (χ4v) is 10.1. The highest BCUT2D eigenvalue weighted by Crippen LogP contribution is 2.36. The van der Waals surface area contributed by atoms with Crippen molar-refractivity contribution in [1.29, 1.82) is 0 Å². The van der Waals surface area contributed by atoms with Crippen LogP contribution in [0.5, 0.6) is 0 Å². The summed E-state index contributed by atoms with van der Waals surface area (Å²) in [7, 11) is -10.8. The van der Waals surface area contributed by atoms with Crippen LogP contribution in [0.3, 0.4) is 0 Å². The highest BCUT2D eigenvalue weighted by Gasteiger charge is 2.42. The Morgan fingerprint density at radius 2 is 1.02 bits per heavy atom. The van der Waals surface area contributed by atoms with Crippen LogP contribution in [0.15, 0.2) is 35.5 Å². The van der Waals surface area contributed by atoms with Gasteiger partial charge in [-0.3, -0.25) is 71.6 Å². The molecule has 4 heterocycles. The topological polar surface area (TPSA) is 562 Å². The van der Waals surface area contributed by atoms with E-state index in [-0.39, 0.29) is 64.1 Å². The molecule has 5 rings (SSSR count). The van der Waals surface area contributed by atoms with Gasteiger partial charge >= 0.3 is 27.6 Å². The van der Waals surface area contributed by atoms with Crippen molar-refractivity contribution in [2.75, 3.05) is 45.9 Å². The molecule has 0 aliphatic carbocycles. The number of hydrogen-bond acceptors (Lipinski definition) is 17. The van der Waals surface area contributed by atoms with E-state index in [1.807, 2.05) is 0 Å². The third-order valence-corrected chi connectivity index (χ3v) is 14.4. The molecular weight excluding hydrogens is 1170 g/mol. The van der Waals surface area contributed by atoms with Crippen molar-refractivity contribution < 1.29 is 105 Å². The maximum Gasteiger partial charge on any atom is 0.469 e. The summed E-state index contributed by atoms with van der Waals surface area (Å²) < 4.78 is 32.9. The van der Waals surface area contributed by atoms with Crippen LogP contribution in [0.25, 0.3) is 10.9 Å². The number of nitrogens with one attached hydrogen (secondary N) is 9. The molecule has 8 atom stereocenters. The number of H-pyrrole nitrogens is 1. The van der Waals surface area contributed by atoms with E-state index >= 15 is 0 Å². The van der Waals surface area contributed by atoms with Crippen molar-refractivity contribution in [1.82, 2.24) is 57.3 Å². The first kappa shape index (κ1) is 67.7. The number of aliphatic carboxylic acids is 2. The van der Waals surface area contributed by atoms with E-state index in [0.29, 0.717) is 16.5 Å².